The van der Waals surface area contributed by atoms with Gasteiger partial charge in [-0.3, -0.25) is 4.79 Å². The van der Waals surface area contributed by atoms with Crippen molar-refractivity contribution < 1.29 is 13.6 Å². The number of rotatable bonds is 8. The average Bonchev–Trinajstić information content (AvgIpc) is 3.33. The normalized spacial score (nSPS) is 11.1. The van der Waals surface area contributed by atoms with Gasteiger partial charge in [-0.25, -0.2) is 13.8 Å². The minimum absolute atomic E-state index is 0.107. The van der Waals surface area contributed by atoms with Crippen LogP contribution in [0.3, 0.4) is 0 Å². The first-order chi connectivity index (χ1) is 16.8. The van der Waals surface area contributed by atoms with Gasteiger partial charge in [-0.2, -0.15) is 4.68 Å². The number of nitrogens with zero attached hydrogens (tertiary/aromatic N) is 6. The number of carbonyl (C=O) groups is 1. The predicted octanol–water partition coefficient (Wildman–Crippen LogP) is 2.93. The molecule has 4 rings (SSSR count). The third-order valence-electron chi connectivity index (χ3n) is 5.34. The summed E-state index contributed by atoms with van der Waals surface area (Å²) in [5, 5.41) is 14.3. The maximum Gasteiger partial charge on any atom is 0.251 e. The fraction of sp³-hybridized carbons (Fsp3) is 0.208. The van der Waals surface area contributed by atoms with Crippen molar-refractivity contribution in [2.24, 2.45) is 0 Å². The molecule has 2 heterocycles. The van der Waals surface area contributed by atoms with E-state index in [2.05, 4.69) is 30.7 Å². The van der Waals surface area contributed by atoms with Crippen molar-refractivity contribution in [2.75, 3.05) is 32.9 Å². The molecule has 4 aromatic rings. The molecule has 35 heavy (non-hydrogen) atoms. The molecule has 11 heteroatoms. The lowest BCUT2D eigenvalue weighted by atomic mass is 10.0. The third kappa shape index (κ3) is 5.30. The number of pyridine rings is 1. The Morgan fingerprint density at radius 2 is 1.89 bits per heavy atom. The molecule has 0 fully saturated rings. The van der Waals surface area contributed by atoms with Gasteiger partial charge < -0.3 is 16.0 Å². The van der Waals surface area contributed by atoms with Gasteiger partial charge in [0.1, 0.15) is 11.5 Å². The lowest BCUT2D eigenvalue weighted by Crippen LogP contribution is -2.27. The van der Waals surface area contributed by atoms with E-state index in [9.17, 15) is 13.6 Å². The maximum atomic E-state index is 14.4. The number of anilines is 1. The van der Waals surface area contributed by atoms with Gasteiger partial charge in [0.05, 0.1) is 5.56 Å². The van der Waals surface area contributed by atoms with Gasteiger partial charge >= 0.3 is 0 Å². The molecule has 0 bridgehead atoms. The summed E-state index contributed by atoms with van der Waals surface area (Å²) >= 11 is 0. The van der Waals surface area contributed by atoms with Crippen LogP contribution in [-0.4, -0.2) is 63.2 Å². The summed E-state index contributed by atoms with van der Waals surface area (Å²) in [5.74, 6) is -2.03. The highest BCUT2D eigenvalue weighted by Gasteiger charge is 2.19. The van der Waals surface area contributed by atoms with Gasteiger partial charge in [-0.1, -0.05) is 18.2 Å². The van der Waals surface area contributed by atoms with Gasteiger partial charge in [0.15, 0.2) is 17.5 Å². The van der Waals surface area contributed by atoms with Crippen LogP contribution in [0.1, 0.15) is 16.8 Å². The van der Waals surface area contributed by atoms with Crippen LogP contribution >= 0.6 is 0 Å². The predicted molar refractivity (Wildman–Crippen MR) is 128 cm³/mol. The summed E-state index contributed by atoms with van der Waals surface area (Å²) in [7, 11) is 3.97. The number of aromatic nitrogens is 5. The number of nitrogens with two attached hydrogens (primary N) is 1. The molecule has 0 saturated heterocycles. The zero-order valence-electron chi connectivity index (χ0n) is 19.2. The molecule has 0 spiro atoms. The highest BCUT2D eigenvalue weighted by Crippen LogP contribution is 2.30. The van der Waals surface area contributed by atoms with E-state index in [0.29, 0.717) is 23.2 Å². The van der Waals surface area contributed by atoms with E-state index in [1.165, 1.54) is 12.1 Å². The zero-order valence-corrected chi connectivity index (χ0v) is 19.2. The first-order valence-corrected chi connectivity index (χ1v) is 10.9. The number of benzene rings is 2. The van der Waals surface area contributed by atoms with E-state index >= 15 is 0 Å². The number of amides is 1. The van der Waals surface area contributed by atoms with Crippen molar-refractivity contribution in [1.82, 2.24) is 35.4 Å². The summed E-state index contributed by atoms with van der Waals surface area (Å²) in [6, 6.07) is 12.5. The van der Waals surface area contributed by atoms with E-state index in [1.807, 2.05) is 14.1 Å². The molecule has 0 radical (unpaired) electrons. The maximum absolute atomic E-state index is 14.4. The number of tetrazole rings is 1. The highest BCUT2D eigenvalue weighted by atomic mass is 19.2. The standard InChI is InChI=1S/C24H24F2N8O/c1-33(2)12-4-11-28-24(35)16-9-7-15(8-10-16)17-13-18(22(27)29-14-17)23-30-31-32-34(23)20-6-3-5-19(25)21(20)26/h3,5-10,13-14H,4,11-12H2,1-2H3,(H2,27,29)(H,28,35). The number of nitrogen functional groups attached to an aromatic ring is 1. The van der Waals surface area contributed by atoms with Crippen molar-refractivity contribution in [2.45, 2.75) is 6.42 Å². The van der Waals surface area contributed by atoms with Crippen LogP contribution < -0.4 is 11.1 Å². The highest BCUT2D eigenvalue weighted by molar-refractivity contribution is 5.94. The molecule has 0 saturated carbocycles. The fourth-order valence-corrected chi connectivity index (χ4v) is 3.50. The average molecular weight is 479 g/mol. The third-order valence-corrected chi connectivity index (χ3v) is 5.34. The van der Waals surface area contributed by atoms with E-state index < -0.39 is 11.6 Å². The van der Waals surface area contributed by atoms with Crippen molar-refractivity contribution >= 4 is 11.7 Å². The van der Waals surface area contributed by atoms with Gasteiger partial charge in [0.25, 0.3) is 5.91 Å². The molecular weight excluding hydrogens is 454 g/mol. The summed E-state index contributed by atoms with van der Waals surface area (Å²) in [4.78, 5) is 18.7. The second-order valence-electron chi connectivity index (χ2n) is 8.13. The molecule has 0 aliphatic carbocycles. The molecule has 0 unspecified atom stereocenters. The SMILES string of the molecule is CN(C)CCCNC(=O)c1ccc(-c2cnc(N)c(-c3nnnn3-c3cccc(F)c3F)c2)cc1. The van der Waals surface area contributed by atoms with Crippen molar-refractivity contribution in [3.8, 4) is 28.2 Å². The molecule has 1 amide bonds. The monoisotopic (exact) mass is 478 g/mol. The van der Waals surface area contributed by atoms with Crippen LogP contribution in [0.4, 0.5) is 14.6 Å². The Balaban J connectivity index is 1.58. The Morgan fingerprint density at radius 3 is 2.63 bits per heavy atom. The Bertz CT molecular complexity index is 1340. The van der Waals surface area contributed by atoms with E-state index in [4.69, 9.17) is 5.73 Å². The lowest BCUT2D eigenvalue weighted by Gasteiger charge is -2.11. The number of carbonyl (C=O) groups excluding carboxylic acids is 1. The molecule has 3 N–H and O–H groups in total. The molecule has 2 aromatic carbocycles. The molecule has 0 aliphatic rings. The van der Waals surface area contributed by atoms with Crippen molar-refractivity contribution in [3.05, 3.63) is 71.9 Å². The molecule has 0 atom stereocenters. The van der Waals surface area contributed by atoms with E-state index in [0.717, 1.165) is 29.3 Å². The van der Waals surface area contributed by atoms with Crippen LogP contribution in [0.5, 0.6) is 0 Å². The first kappa shape index (κ1) is 23.9. The van der Waals surface area contributed by atoms with Crippen LogP contribution in [0, 0.1) is 11.6 Å². The molecule has 2 aromatic heterocycles. The van der Waals surface area contributed by atoms with E-state index in [-0.39, 0.29) is 23.2 Å². The smallest absolute Gasteiger partial charge is 0.251 e. The topological polar surface area (TPSA) is 115 Å². The first-order valence-electron chi connectivity index (χ1n) is 10.9. The largest absolute Gasteiger partial charge is 0.383 e. The van der Waals surface area contributed by atoms with Crippen LogP contribution in [0.15, 0.2) is 54.7 Å². The fourth-order valence-electron chi connectivity index (χ4n) is 3.50. The van der Waals surface area contributed by atoms with Gasteiger partial charge in [-0.05, 0) is 73.4 Å². The van der Waals surface area contributed by atoms with Gasteiger partial charge in [0.2, 0.25) is 0 Å². The van der Waals surface area contributed by atoms with Crippen LogP contribution in [0.25, 0.3) is 28.2 Å². The van der Waals surface area contributed by atoms with Crippen molar-refractivity contribution in [3.63, 3.8) is 0 Å². The second kappa shape index (κ2) is 10.3. The molecular formula is C24H24F2N8O. The zero-order chi connectivity index (χ0) is 24.9. The summed E-state index contributed by atoms with van der Waals surface area (Å²) < 4.78 is 29.2. The van der Waals surface area contributed by atoms with Crippen LogP contribution in [-0.2, 0) is 0 Å². The number of halogens is 2. The summed E-state index contributed by atoms with van der Waals surface area (Å²) in [6.07, 6.45) is 2.43. The Kier molecular flexibility index (Phi) is 7.06. The van der Waals surface area contributed by atoms with Crippen LogP contribution in [0.2, 0.25) is 0 Å². The Morgan fingerprint density at radius 1 is 1.11 bits per heavy atom. The molecule has 9 nitrogen and oxygen atoms in total. The molecule has 0 aliphatic heterocycles. The second-order valence-corrected chi connectivity index (χ2v) is 8.13. The number of nitrogens with one attached hydrogen (secondary N) is 1. The summed E-state index contributed by atoms with van der Waals surface area (Å²) in [6.45, 7) is 1.48. The van der Waals surface area contributed by atoms with E-state index in [1.54, 1.807) is 36.5 Å². The lowest BCUT2D eigenvalue weighted by molar-refractivity contribution is 0.0952. The summed E-state index contributed by atoms with van der Waals surface area (Å²) in [5.41, 5.74) is 8.25. The van der Waals surface area contributed by atoms with Gasteiger partial charge in [0, 0.05) is 23.9 Å². The van der Waals surface area contributed by atoms with Gasteiger partial charge in [-0.15, -0.1) is 5.10 Å². The van der Waals surface area contributed by atoms with Crippen molar-refractivity contribution in [1.29, 1.82) is 0 Å². The molecule has 180 valence electrons. The Labute approximate surface area is 200 Å². The number of hydrogen-bond acceptors (Lipinski definition) is 7. The Hall–Kier alpha value is -4.25. The quantitative estimate of drug-likeness (QED) is 0.374. The number of hydrogen-bond donors (Lipinski definition) is 2. The minimum Gasteiger partial charge on any atom is -0.383 e. The minimum atomic E-state index is -1.08.